The van der Waals surface area contributed by atoms with Gasteiger partial charge in [0.25, 0.3) is 0 Å². The van der Waals surface area contributed by atoms with Crippen LogP contribution in [0.15, 0.2) is 0 Å². The highest BCUT2D eigenvalue weighted by Gasteiger charge is 2.18. The summed E-state index contributed by atoms with van der Waals surface area (Å²) in [6.07, 6.45) is 2.93. The van der Waals surface area contributed by atoms with Crippen molar-refractivity contribution in [3.63, 3.8) is 0 Å². The maximum absolute atomic E-state index is 3.38. The molecular weight excluding hydrogens is 279 g/mol. The monoisotopic (exact) mass is 290 g/mol. The van der Waals surface area contributed by atoms with Crippen LogP contribution in [0.2, 0.25) is 0 Å². The van der Waals surface area contributed by atoms with Gasteiger partial charge in [-0.15, -0.1) is 0 Å². The first-order valence-electron chi connectivity index (χ1n) is 2.97. The minimum absolute atomic E-state index is 1.05. The highest BCUT2D eigenvalue weighted by Crippen LogP contribution is 2.29. The van der Waals surface area contributed by atoms with Crippen LogP contribution in [-0.2, 0) is 0 Å². The van der Waals surface area contributed by atoms with Gasteiger partial charge in [-0.2, -0.15) is 0 Å². The van der Waals surface area contributed by atoms with Crippen molar-refractivity contribution >= 4 is 38.5 Å². The normalized spacial score (nSPS) is 16.9. The lowest BCUT2D eigenvalue weighted by Gasteiger charge is -1.70. The molecule has 0 nitrogen and oxygen atoms in total. The first-order chi connectivity index (χ1) is 3.85. The quantitative estimate of drug-likeness (QED) is 0.514. The van der Waals surface area contributed by atoms with Crippen LogP contribution < -0.4 is 0 Å². The van der Waals surface area contributed by atoms with Gasteiger partial charge in [0, 0.05) is 5.33 Å². The molecule has 0 heterocycles. The molecule has 0 aromatic rings. The van der Waals surface area contributed by atoms with Crippen LogP contribution in [0.25, 0.3) is 0 Å². The summed E-state index contributed by atoms with van der Waals surface area (Å²) in [4.78, 5) is 0. The number of rotatable bonds is 1. The van der Waals surface area contributed by atoms with Gasteiger partial charge in [0.15, 0.2) is 0 Å². The van der Waals surface area contributed by atoms with Gasteiger partial charge >= 0.3 is 0 Å². The van der Waals surface area contributed by atoms with Crippen LogP contribution in [0.5, 0.6) is 0 Å². The van der Waals surface area contributed by atoms with E-state index in [1.807, 2.05) is 0 Å². The average molecular weight is 291 g/mol. The highest BCUT2D eigenvalue weighted by atomic mass is 127. The third kappa shape index (κ3) is 7.21. The lowest BCUT2D eigenvalue weighted by atomic mass is 10.5. The zero-order valence-corrected chi connectivity index (χ0v) is 8.91. The Morgan fingerprint density at radius 1 is 1.62 bits per heavy atom. The number of hydrogen-bond donors (Lipinski definition) is 0. The van der Waals surface area contributed by atoms with Crippen LogP contribution >= 0.6 is 38.5 Å². The Bertz CT molecular complexity index is 43.8. The van der Waals surface area contributed by atoms with Gasteiger partial charge in [0.05, 0.1) is 0 Å². The zero-order valence-electron chi connectivity index (χ0n) is 5.16. The molecule has 2 heteroatoms. The Balaban J connectivity index is 0.000000145. The summed E-state index contributed by atoms with van der Waals surface area (Å²) >= 11 is 5.66. The number of hydrogen-bond acceptors (Lipinski definition) is 0. The average Bonchev–Trinajstić information content (AvgIpc) is 2.48. The maximum Gasteiger partial charge on any atom is 0.00596 e. The predicted octanol–water partition coefficient (Wildman–Crippen LogP) is 3.23. The van der Waals surface area contributed by atoms with E-state index in [1.54, 1.807) is 0 Å². The Morgan fingerprint density at radius 2 is 2.00 bits per heavy atom. The van der Waals surface area contributed by atoms with E-state index >= 15 is 0 Å². The molecule has 1 rings (SSSR count). The summed E-state index contributed by atoms with van der Waals surface area (Å²) in [5, 5.41) is 1.23. The van der Waals surface area contributed by atoms with E-state index in [1.165, 1.54) is 22.6 Å². The first kappa shape index (κ1) is 9.21. The molecular formula is C6H12BrI. The minimum atomic E-state index is 1.05. The summed E-state index contributed by atoms with van der Waals surface area (Å²) in [6, 6.07) is 0. The van der Waals surface area contributed by atoms with Gasteiger partial charge in [-0.05, 0) is 23.2 Å². The summed E-state index contributed by atoms with van der Waals surface area (Å²) < 4.78 is 1.22. The Kier molecular flexibility index (Phi) is 7.29. The van der Waals surface area contributed by atoms with Crippen LogP contribution in [0.3, 0.4) is 0 Å². The number of halogens is 2. The van der Waals surface area contributed by atoms with Crippen LogP contribution in [-0.4, -0.2) is 9.76 Å². The van der Waals surface area contributed by atoms with Gasteiger partial charge in [0.1, 0.15) is 0 Å². The first-order valence-corrected chi connectivity index (χ1v) is 5.61. The zero-order chi connectivity index (χ0) is 6.41. The fourth-order valence-corrected chi connectivity index (χ4v) is 0.920. The second-order valence-electron chi connectivity index (χ2n) is 1.86. The van der Waals surface area contributed by atoms with E-state index in [0.29, 0.717) is 0 Å². The Morgan fingerprint density at radius 3 is 2.00 bits per heavy atom. The lowest BCUT2D eigenvalue weighted by Crippen LogP contribution is -1.66. The van der Waals surface area contributed by atoms with Crippen molar-refractivity contribution < 1.29 is 0 Å². The summed E-state index contributed by atoms with van der Waals surface area (Å²) in [5.74, 6) is 1.05. The maximum atomic E-state index is 3.38. The van der Waals surface area contributed by atoms with Crippen molar-refractivity contribution in [2.45, 2.75) is 19.8 Å². The SMILES string of the molecule is BrCC1CC1.CCI. The van der Waals surface area contributed by atoms with E-state index in [-0.39, 0.29) is 0 Å². The van der Waals surface area contributed by atoms with Gasteiger partial charge in [0.2, 0.25) is 0 Å². The topological polar surface area (TPSA) is 0 Å². The van der Waals surface area contributed by atoms with Gasteiger partial charge in [-0.3, -0.25) is 0 Å². The predicted molar refractivity (Wildman–Crippen MR) is 51.1 cm³/mol. The van der Waals surface area contributed by atoms with E-state index in [9.17, 15) is 0 Å². The van der Waals surface area contributed by atoms with Crippen LogP contribution in [0.1, 0.15) is 19.8 Å². The smallest absolute Gasteiger partial charge is 0.00596 e. The third-order valence-corrected chi connectivity index (χ3v) is 1.83. The molecule has 0 aliphatic heterocycles. The largest absolute Gasteiger partial charge is 0.0925 e. The summed E-state index contributed by atoms with van der Waals surface area (Å²) in [6.45, 7) is 2.11. The van der Waals surface area contributed by atoms with Gasteiger partial charge in [-0.25, -0.2) is 0 Å². The summed E-state index contributed by atoms with van der Waals surface area (Å²) in [7, 11) is 0. The fourth-order valence-electron chi connectivity index (χ4n) is 0.272. The molecule has 0 bridgehead atoms. The molecule has 50 valence electrons. The molecule has 0 N–H and O–H groups in total. The molecule has 8 heavy (non-hydrogen) atoms. The fraction of sp³-hybridized carbons (Fsp3) is 1.00. The van der Waals surface area contributed by atoms with Crippen molar-refractivity contribution in [1.29, 1.82) is 0 Å². The van der Waals surface area contributed by atoms with Gasteiger partial charge < -0.3 is 0 Å². The van der Waals surface area contributed by atoms with Crippen molar-refractivity contribution in [2.24, 2.45) is 5.92 Å². The standard InChI is InChI=1S/C4H7Br.C2H5I/c5-3-4-1-2-4;1-2-3/h4H,1-3H2;2H2,1H3. The van der Waals surface area contributed by atoms with Crippen molar-refractivity contribution in [2.75, 3.05) is 9.76 Å². The van der Waals surface area contributed by atoms with Crippen LogP contribution in [0.4, 0.5) is 0 Å². The molecule has 0 radical (unpaired) electrons. The van der Waals surface area contributed by atoms with Crippen LogP contribution in [0, 0.1) is 5.92 Å². The molecule has 1 aliphatic carbocycles. The second-order valence-corrected chi connectivity index (χ2v) is 4.04. The third-order valence-electron chi connectivity index (χ3n) is 0.915. The Labute approximate surface area is 73.7 Å². The number of alkyl halides is 2. The minimum Gasteiger partial charge on any atom is -0.0925 e. The van der Waals surface area contributed by atoms with Gasteiger partial charge in [-0.1, -0.05) is 45.4 Å². The van der Waals surface area contributed by atoms with E-state index < -0.39 is 0 Å². The molecule has 0 aromatic carbocycles. The second kappa shape index (κ2) is 6.33. The molecule has 0 unspecified atom stereocenters. The molecule has 1 aliphatic rings. The lowest BCUT2D eigenvalue weighted by molar-refractivity contribution is 1.01. The Hall–Kier alpha value is 1.21. The van der Waals surface area contributed by atoms with Crippen molar-refractivity contribution in [3.05, 3.63) is 0 Å². The van der Waals surface area contributed by atoms with E-state index in [0.717, 1.165) is 5.92 Å². The van der Waals surface area contributed by atoms with Crippen molar-refractivity contribution in [3.8, 4) is 0 Å². The molecule has 0 aromatic heterocycles. The molecule has 0 saturated heterocycles. The van der Waals surface area contributed by atoms with E-state index in [2.05, 4.69) is 45.4 Å². The molecule has 1 saturated carbocycles. The molecule has 1 fully saturated rings. The molecule has 0 spiro atoms. The summed E-state index contributed by atoms with van der Waals surface area (Å²) in [5.41, 5.74) is 0. The van der Waals surface area contributed by atoms with E-state index in [4.69, 9.17) is 0 Å². The molecule has 0 amide bonds. The van der Waals surface area contributed by atoms with Crippen molar-refractivity contribution in [1.82, 2.24) is 0 Å². The highest BCUT2D eigenvalue weighted by molar-refractivity contribution is 14.1. The molecule has 0 atom stereocenters.